The van der Waals surface area contributed by atoms with Gasteiger partial charge in [0.2, 0.25) is 0 Å². The predicted octanol–water partition coefficient (Wildman–Crippen LogP) is 2.12. The second kappa shape index (κ2) is 6.72. The lowest BCUT2D eigenvalue weighted by Crippen LogP contribution is -2.44. The van der Waals surface area contributed by atoms with Crippen LogP contribution in [0.3, 0.4) is 0 Å². The highest BCUT2D eigenvalue weighted by atomic mass is 16.5. The van der Waals surface area contributed by atoms with Crippen molar-refractivity contribution < 1.29 is 4.74 Å². The van der Waals surface area contributed by atoms with Crippen LogP contribution in [-0.2, 0) is 4.74 Å². The lowest BCUT2D eigenvalue weighted by molar-refractivity contribution is -0.0104. The Morgan fingerprint density at radius 3 is 2.41 bits per heavy atom. The van der Waals surface area contributed by atoms with Crippen molar-refractivity contribution in [2.24, 2.45) is 5.92 Å². The fraction of sp³-hybridized carbons (Fsp3) is 1.00. The molecule has 1 N–H and O–H groups in total. The third-order valence-corrected chi connectivity index (χ3v) is 4.10. The van der Waals surface area contributed by atoms with Crippen LogP contribution in [0.25, 0.3) is 0 Å². The van der Waals surface area contributed by atoms with Crippen LogP contribution in [0.5, 0.6) is 0 Å². The molecule has 3 heteroatoms. The molecule has 17 heavy (non-hydrogen) atoms. The van der Waals surface area contributed by atoms with Crippen molar-refractivity contribution in [1.29, 1.82) is 0 Å². The Labute approximate surface area is 107 Å². The quantitative estimate of drug-likeness (QED) is 0.772. The van der Waals surface area contributed by atoms with E-state index in [9.17, 15) is 0 Å². The van der Waals surface area contributed by atoms with E-state index >= 15 is 0 Å². The number of likely N-dealkylation sites (tertiary alicyclic amines) is 1. The van der Waals surface area contributed by atoms with Crippen molar-refractivity contribution in [2.45, 2.75) is 51.7 Å². The number of nitrogens with one attached hydrogen (secondary N) is 1. The van der Waals surface area contributed by atoms with Gasteiger partial charge in [0.1, 0.15) is 0 Å². The summed E-state index contributed by atoms with van der Waals surface area (Å²) in [5.74, 6) is 0.874. The van der Waals surface area contributed by atoms with E-state index in [1.807, 2.05) is 7.11 Å². The Kier molecular flexibility index (Phi) is 5.90. The third-order valence-electron chi connectivity index (χ3n) is 4.10. The molecule has 102 valence electrons. The lowest BCUT2D eigenvalue weighted by Gasteiger charge is -2.38. The number of piperidine rings is 1. The molecule has 1 unspecified atom stereocenters. The highest BCUT2D eigenvalue weighted by Gasteiger charge is 2.27. The van der Waals surface area contributed by atoms with Crippen molar-refractivity contribution in [3.05, 3.63) is 0 Å². The van der Waals surface area contributed by atoms with Gasteiger partial charge in [-0.3, -0.25) is 0 Å². The minimum Gasteiger partial charge on any atom is -0.379 e. The molecule has 0 aromatic rings. The number of hydrogen-bond donors (Lipinski definition) is 1. The minimum atomic E-state index is 0.00123. The monoisotopic (exact) mass is 242 g/mol. The number of rotatable bonds is 6. The summed E-state index contributed by atoms with van der Waals surface area (Å²) in [6.45, 7) is 10.3. The summed E-state index contributed by atoms with van der Waals surface area (Å²) in [6, 6.07) is 0.625. The number of methoxy groups -OCH3 is 1. The van der Waals surface area contributed by atoms with Crippen LogP contribution in [0.4, 0.5) is 0 Å². The van der Waals surface area contributed by atoms with Gasteiger partial charge in [0, 0.05) is 13.2 Å². The van der Waals surface area contributed by atoms with Crippen molar-refractivity contribution in [1.82, 2.24) is 10.2 Å². The average Bonchev–Trinajstić information content (AvgIpc) is 2.30. The van der Waals surface area contributed by atoms with E-state index in [4.69, 9.17) is 4.74 Å². The zero-order valence-electron chi connectivity index (χ0n) is 12.3. The fourth-order valence-corrected chi connectivity index (χ4v) is 2.81. The van der Waals surface area contributed by atoms with Crippen molar-refractivity contribution >= 4 is 0 Å². The van der Waals surface area contributed by atoms with Gasteiger partial charge in [-0.15, -0.1) is 0 Å². The van der Waals surface area contributed by atoms with E-state index < -0.39 is 0 Å². The summed E-state index contributed by atoms with van der Waals surface area (Å²) in [4.78, 5) is 2.62. The molecule has 1 fully saturated rings. The number of ether oxygens (including phenoxy) is 1. The van der Waals surface area contributed by atoms with Crippen molar-refractivity contribution in [2.75, 3.05) is 33.8 Å². The summed E-state index contributed by atoms with van der Waals surface area (Å²) < 4.78 is 5.52. The van der Waals surface area contributed by atoms with E-state index in [2.05, 4.69) is 38.0 Å². The smallest absolute Gasteiger partial charge is 0.0637 e. The normalized spacial score (nSPS) is 21.7. The third kappa shape index (κ3) is 4.94. The first-order chi connectivity index (χ1) is 7.98. The summed E-state index contributed by atoms with van der Waals surface area (Å²) in [5.41, 5.74) is 0.00123. The Morgan fingerprint density at radius 2 is 1.94 bits per heavy atom. The van der Waals surface area contributed by atoms with Gasteiger partial charge in [-0.2, -0.15) is 0 Å². The summed E-state index contributed by atoms with van der Waals surface area (Å²) in [5, 5.41) is 3.29. The first-order valence-electron chi connectivity index (χ1n) is 6.92. The maximum absolute atomic E-state index is 5.52. The Morgan fingerprint density at radius 1 is 1.35 bits per heavy atom. The average molecular weight is 242 g/mol. The SMILES string of the molecule is CNCC1CCN(C(C)CC(C)(C)OC)CC1. The molecule has 1 atom stereocenters. The van der Waals surface area contributed by atoms with Gasteiger partial charge in [0.15, 0.2) is 0 Å². The first kappa shape index (κ1) is 14.9. The zero-order valence-corrected chi connectivity index (χ0v) is 12.3. The number of nitrogens with zero attached hydrogens (tertiary/aromatic N) is 1. The molecule has 1 rings (SSSR count). The van der Waals surface area contributed by atoms with Gasteiger partial charge in [-0.05, 0) is 72.6 Å². The van der Waals surface area contributed by atoms with Crippen LogP contribution in [0.15, 0.2) is 0 Å². The zero-order chi connectivity index (χ0) is 12.9. The molecule has 0 radical (unpaired) electrons. The van der Waals surface area contributed by atoms with E-state index in [-0.39, 0.29) is 5.60 Å². The van der Waals surface area contributed by atoms with Gasteiger partial charge in [-0.25, -0.2) is 0 Å². The maximum atomic E-state index is 5.52. The topological polar surface area (TPSA) is 24.5 Å². The van der Waals surface area contributed by atoms with Crippen LogP contribution < -0.4 is 5.32 Å². The maximum Gasteiger partial charge on any atom is 0.0637 e. The molecule has 1 saturated heterocycles. The van der Waals surface area contributed by atoms with Crippen LogP contribution in [-0.4, -0.2) is 50.3 Å². The first-order valence-corrected chi connectivity index (χ1v) is 6.92. The van der Waals surface area contributed by atoms with E-state index in [1.165, 1.54) is 32.5 Å². The minimum absolute atomic E-state index is 0.00123. The summed E-state index contributed by atoms with van der Waals surface area (Å²) in [7, 11) is 3.86. The Bertz CT molecular complexity index is 210. The second-order valence-electron chi connectivity index (χ2n) is 6.05. The molecule has 0 bridgehead atoms. The molecule has 1 aliphatic rings. The van der Waals surface area contributed by atoms with E-state index in [0.29, 0.717) is 6.04 Å². The van der Waals surface area contributed by atoms with Crippen LogP contribution in [0.1, 0.15) is 40.0 Å². The second-order valence-corrected chi connectivity index (χ2v) is 6.05. The molecule has 0 spiro atoms. The largest absolute Gasteiger partial charge is 0.379 e. The van der Waals surface area contributed by atoms with Crippen LogP contribution in [0.2, 0.25) is 0 Å². The standard InChI is InChI=1S/C14H30N2O/c1-12(10-14(2,3)17-5)16-8-6-13(7-9-16)11-15-4/h12-13,15H,6-11H2,1-5H3. The molecule has 0 saturated carbocycles. The van der Waals surface area contributed by atoms with Crippen molar-refractivity contribution in [3.8, 4) is 0 Å². The predicted molar refractivity (Wildman–Crippen MR) is 73.4 cm³/mol. The number of hydrogen-bond acceptors (Lipinski definition) is 3. The molecule has 0 amide bonds. The molecule has 1 aliphatic heterocycles. The molecular weight excluding hydrogens is 212 g/mol. The Hall–Kier alpha value is -0.120. The van der Waals surface area contributed by atoms with Gasteiger partial charge < -0.3 is 15.0 Å². The highest BCUT2D eigenvalue weighted by Crippen LogP contribution is 2.23. The summed E-state index contributed by atoms with van der Waals surface area (Å²) in [6.07, 6.45) is 3.78. The van der Waals surface area contributed by atoms with Gasteiger partial charge in [-0.1, -0.05) is 0 Å². The fourth-order valence-electron chi connectivity index (χ4n) is 2.81. The molecule has 0 aliphatic carbocycles. The molecule has 3 nitrogen and oxygen atoms in total. The van der Waals surface area contributed by atoms with Gasteiger partial charge in [0.25, 0.3) is 0 Å². The van der Waals surface area contributed by atoms with E-state index in [1.54, 1.807) is 0 Å². The van der Waals surface area contributed by atoms with Crippen LogP contribution in [0, 0.1) is 5.92 Å². The Balaban J connectivity index is 2.33. The molecular formula is C14H30N2O. The molecule has 0 aromatic heterocycles. The van der Waals surface area contributed by atoms with Crippen LogP contribution >= 0.6 is 0 Å². The lowest BCUT2D eigenvalue weighted by atomic mass is 9.93. The highest BCUT2D eigenvalue weighted by molar-refractivity contribution is 4.81. The van der Waals surface area contributed by atoms with E-state index in [0.717, 1.165) is 12.3 Å². The van der Waals surface area contributed by atoms with Gasteiger partial charge in [0.05, 0.1) is 5.60 Å². The summed E-state index contributed by atoms with van der Waals surface area (Å²) >= 11 is 0. The molecule has 0 aromatic carbocycles. The van der Waals surface area contributed by atoms with Crippen molar-refractivity contribution in [3.63, 3.8) is 0 Å². The molecule has 1 heterocycles. The van der Waals surface area contributed by atoms with Gasteiger partial charge >= 0.3 is 0 Å².